The molecular formula is C19H15O2. The molecule has 0 aliphatic carbocycles. The van der Waals surface area contributed by atoms with Gasteiger partial charge in [-0.15, -0.1) is 0 Å². The predicted octanol–water partition coefficient (Wildman–Crippen LogP) is 4.95. The topological polar surface area (TPSA) is 18.5 Å². The summed E-state index contributed by atoms with van der Waals surface area (Å²) in [6, 6.07) is 26.4. The van der Waals surface area contributed by atoms with E-state index in [0.29, 0.717) is 0 Å². The van der Waals surface area contributed by atoms with Crippen molar-refractivity contribution in [3.63, 3.8) is 0 Å². The molecule has 0 aliphatic heterocycles. The minimum absolute atomic E-state index is 0.783. The Labute approximate surface area is 124 Å². The van der Waals surface area contributed by atoms with Crippen molar-refractivity contribution in [2.24, 2.45) is 0 Å². The van der Waals surface area contributed by atoms with Gasteiger partial charge in [0.15, 0.2) is 0 Å². The minimum Gasteiger partial charge on any atom is -0.497 e. The van der Waals surface area contributed by atoms with Crippen LogP contribution in [-0.2, 0) is 0 Å². The van der Waals surface area contributed by atoms with Gasteiger partial charge in [0.2, 0.25) is 0 Å². The molecule has 0 bridgehead atoms. The van der Waals surface area contributed by atoms with E-state index < -0.39 is 0 Å². The Balaban J connectivity index is 1.92. The van der Waals surface area contributed by atoms with Gasteiger partial charge in [0.05, 0.1) is 7.11 Å². The fourth-order valence-corrected chi connectivity index (χ4v) is 2.13. The van der Waals surface area contributed by atoms with Crippen LogP contribution in [0.1, 0.15) is 0 Å². The lowest BCUT2D eigenvalue weighted by molar-refractivity contribution is 0.413. The molecule has 0 atom stereocenters. The van der Waals surface area contributed by atoms with Crippen LogP contribution in [0.2, 0.25) is 0 Å². The van der Waals surface area contributed by atoms with E-state index in [4.69, 9.17) is 9.47 Å². The van der Waals surface area contributed by atoms with Crippen LogP contribution in [0.25, 0.3) is 11.1 Å². The molecule has 0 heterocycles. The molecular weight excluding hydrogens is 260 g/mol. The van der Waals surface area contributed by atoms with Crippen molar-refractivity contribution in [3.05, 3.63) is 78.9 Å². The average molecular weight is 275 g/mol. The van der Waals surface area contributed by atoms with Crippen LogP contribution in [-0.4, -0.2) is 7.11 Å². The summed E-state index contributed by atoms with van der Waals surface area (Å²) < 4.78 is 11.2. The molecule has 0 aliphatic rings. The zero-order valence-corrected chi connectivity index (χ0v) is 11.7. The maximum atomic E-state index is 6.00. The van der Waals surface area contributed by atoms with E-state index in [1.54, 1.807) is 7.11 Å². The maximum Gasteiger partial charge on any atom is 0.135 e. The van der Waals surface area contributed by atoms with Gasteiger partial charge in [-0.2, -0.15) is 0 Å². The highest BCUT2D eigenvalue weighted by molar-refractivity contribution is 5.70. The highest BCUT2D eigenvalue weighted by atomic mass is 16.5. The summed E-state index contributed by atoms with van der Waals surface area (Å²) in [6.45, 7) is 0. The Morgan fingerprint density at radius 2 is 1.43 bits per heavy atom. The van der Waals surface area contributed by atoms with Gasteiger partial charge in [-0.1, -0.05) is 42.5 Å². The van der Waals surface area contributed by atoms with Crippen LogP contribution >= 0.6 is 0 Å². The third-order valence-electron chi connectivity index (χ3n) is 3.20. The summed E-state index contributed by atoms with van der Waals surface area (Å²) in [6.07, 6.45) is 0. The zero-order valence-electron chi connectivity index (χ0n) is 11.7. The van der Waals surface area contributed by atoms with E-state index in [9.17, 15) is 0 Å². The number of benzene rings is 3. The van der Waals surface area contributed by atoms with Gasteiger partial charge in [-0.3, -0.25) is 0 Å². The van der Waals surface area contributed by atoms with Gasteiger partial charge >= 0.3 is 0 Å². The molecule has 1 radical (unpaired) electrons. The average Bonchev–Trinajstić information content (AvgIpc) is 2.57. The first-order valence-electron chi connectivity index (χ1n) is 6.74. The Morgan fingerprint density at radius 3 is 2.14 bits per heavy atom. The second kappa shape index (κ2) is 6.14. The van der Waals surface area contributed by atoms with E-state index in [-0.39, 0.29) is 0 Å². The molecule has 0 saturated carbocycles. The molecule has 3 aromatic carbocycles. The molecule has 103 valence electrons. The van der Waals surface area contributed by atoms with Crippen molar-refractivity contribution < 1.29 is 9.47 Å². The lowest BCUT2D eigenvalue weighted by Gasteiger charge is -2.11. The molecule has 0 aromatic heterocycles. The highest BCUT2D eigenvalue weighted by Gasteiger charge is 2.06. The van der Waals surface area contributed by atoms with Crippen molar-refractivity contribution in [2.45, 2.75) is 0 Å². The van der Waals surface area contributed by atoms with Crippen LogP contribution in [0.15, 0.2) is 72.8 Å². The molecule has 2 nitrogen and oxygen atoms in total. The first-order valence-corrected chi connectivity index (χ1v) is 6.74. The third-order valence-corrected chi connectivity index (χ3v) is 3.20. The Hall–Kier alpha value is -2.74. The fraction of sp³-hybridized carbons (Fsp3) is 0.0526. The second-order valence-corrected chi connectivity index (χ2v) is 4.56. The number of ether oxygens (including phenoxy) is 2. The van der Waals surface area contributed by atoms with Gasteiger partial charge in [0.25, 0.3) is 0 Å². The normalized spacial score (nSPS) is 10.1. The van der Waals surface area contributed by atoms with Crippen molar-refractivity contribution in [1.82, 2.24) is 0 Å². The lowest BCUT2D eigenvalue weighted by atomic mass is 10.1. The Bertz CT molecular complexity index is 703. The maximum absolute atomic E-state index is 6.00. The van der Waals surface area contributed by atoms with Crippen LogP contribution in [0.5, 0.6) is 17.2 Å². The van der Waals surface area contributed by atoms with E-state index in [1.807, 2.05) is 72.8 Å². The predicted molar refractivity (Wildman–Crippen MR) is 83.8 cm³/mol. The smallest absolute Gasteiger partial charge is 0.135 e. The zero-order chi connectivity index (χ0) is 14.5. The number of hydrogen-bond donors (Lipinski definition) is 0. The summed E-state index contributed by atoms with van der Waals surface area (Å²) in [5.41, 5.74) is 2.17. The molecule has 3 aromatic rings. The number of hydrogen-bond acceptors (Lipinski definition) is 2. The number of methoxy groups -OCH3 is 1. The van der Waals surface area contributed by atoms with Crippen LogP contribution < -0.4 is 9.47 Å². The molecule has 0 fully saturated rings. The first-order chi connectivity index (χ1) is 10.4. The molecule has 0 saturated heterocycles. The van der Waals surface area contributed by atoms with Gasteiger partial charge in [0.1, 0.15) is 17.2 Å². The molecule has 0 unspecified atom stereocenters. The summed E-state index contributed by atoms with van der Waals surface area (Å²) in [5, 5.41) is 0. The van der Waals surface area contributed by atoms with Crippen LogP contribution in [0.3, 0.4) is 0 Å². The van der Waals surface area contributed by atoms with Gasteiger partial charge in [0, 0.05) is 5.56 Å². The second-order valence-electron chi connectivity index (χ2n) is 4.56. The molecule has 0 amide bonds. The largest absolute Gasteiger partial charge is 0.497 e. The van der Waals surface area contributed by atoms with Gasteiger partial charge in [-0.25, -0.2) is 0 Å². The summed E-state index contributed by atoms with van der Waals surface area (Å²) in [7, 11) is 1.65. The fourth-order valence-electron chi connectivity index (χ4n) is 2.13. The summed E-state index contributed by atoms with van der Waals surface area (Å²) >= 11 is 0. The SMILES string of the molecule is COc1ccc(Oc2ccccc2-c2cc[c]cc2)cc1. The quantitative estimate of drug-likeness (QED) is 0.670. The molecule has 0 spiro atoms. The van der Waals surface area contributed by atoms with Crippen molar-refractivity contribution in [2.75, 3.05) is 7.11 Å². The van der Waals surface area contributed by atoms with Crippen molar-refractivity contribution in [1.29, 1.82) is 0 Å². The first kappa shape index (κ1) is 13.3. The minimum atomic E-state index is 0.783. The van der Waals surface area contributed by atoms with Gasteiger partial charge in [-0.05, 0) is 42.0 Å². The highest BCUT2D eigenvalue weighted by Crippen LogP contribution is 2.33. The van der Waals surface area contributed by atoms with Gasteiger partial charge < -0.3 is 9.47 Å². The Morgan fingerprint density at radius 1 is 0.762 bits per heavy atom. The molecule has 21 heavy (non-hydrogen) atoms. The van der Waals surface area contributed by atoms with Crippen molar-refractivity contribution in [3.8, 4) is 28.4 Å². The Kier molecular flexibility index (Phi) is 3.88. The molecule has 2 heteroatoms. The van der Waals surface area contributed by atoms with E-state index in [1.165, 1.54) is 0 Å². The summed E-state index contributed by atoms with van der Waals surface area (Å²) in [4.78, 5) is 0. The van der Waals surface area contributed by atoms with Crippen molar-refractivity contribution >= 4 is 0 Å². The van der Waals surface area contributed by atoms with E-state index in [0.717, 1.165) is 28.4 Å². The monoisotopic (exact) mass is 275 g/mol. The third kappa shape index (κ3) is 3.06. The molecule has 3 rings (SSSR count). The number of para-hydroxylation sites is 1. The number of rotatable bonds is 4. The molecule has 0 N–H and O–H groups in total. The summed E-state index contributed by atoms with van der Waals surface area (Å²) in [5.74, 6) is 2.42. The standard InChI is InChI=1S/C19H15O2/c1-20-16-11-13-17(14-12-16)21-19-10-6-5-9-18(19)15-7-3-2-4-8-15/h3-14H,1H3. The lowest BCUT2D eigenvalue weighted by Crippen LogP contribution is -1.88. The van der Waals surface area contributed by atoms with E-state index in [2.05, 4.69) is 6.07 Å². The van der Waals surface area contributed by atoms with Crippen LogP contribution in [0.4, 0.5) is 0 Å². The van der Waals surface area contributed by atoms with E-state index >= 15 is 0 Å². The van der Waals surface area contributed by atoms with Crippen LogP contribution in [0, 0.1) is 6.07 Å².